The Kier molecular flexibility index (Phi) is 2.19. The first kappa shape index (κ1) is 10.2. The summed E-state index contributed by atoms with van der Waals surface area (Å²) in [5.74, 6) is 0. The van der Waals surface area contributed by atoms with Gasteiger partial charge < -0.3 is 4.90 Å². The number of benzene rings is 2. The van der Waals surface area contributed by atoms with Crippen LogP contribution in [0.1, 0.15) is 18.4 Å². The number of hydrogen-bond acceptors (Lipinski definition) is 1. The molecule has 1 heteroatoms. The third kappa shape index (κ3) is 1.47. The lowest BCUT2D eigenvalue weighted by Gasteiger charge is -2.18. The second-order valence-corrected chi connectivity index (χ2v) is 5.40. The quantitative estimate of drug-likeness (QED) is 0.725. The van der Waals surface area contributed by atoms with Gasteiger partial charge in [-0.3, -0.25) is 0 Å². The van der Waals surface area contributed by atoms with Crippen LogP contribution in [0.3, 0.4) is 0 Å². The summed E-state index contributed by atoms with van der Waals surface area (Å²) in [5.41, 5.74) is 5.71. The molecular weight excluding hydrogens is 218 g/mol. The van der Waals surface area contributed by atoms with Gasteiger partial charge in [-0.05, 0) is 48.1 Å². The summed E-state index contributed by atoms with van der Waals surface area (Å²) in [6.45, 7) is 1.25. The van der Waals surface area contributed by atoms with Gasteiger partial charge >= 0.3 is 0 Å². The predicted molar refractivity (Wildman–Crippen MR) is 76.0 cm³/mol. The fourth-order valence-electron chi connectivity index (χ4n) is 3.46. The highest BCUT2D eigenvalue weighted by Gasteiger charge is 2.32. The lowest BCUT2D eigenvalue weighted by atomic mass is 10.0. The second-order valence-electron chi connectivity index (χ2n) is 5.40. The Morgan fingerprint density at radius 2 is 1.83 bits per heavy atom. The van der Waals surface area contributed by atoms with E-state index in [1.807, 2.05) is 0 Å². The van der Waals surface area contributed by atoms with Gasteiger partial charge in [-0.2, -0.15) is 0 Å². The van der Waals surface area contributed by atoms with Gasteiger partial charge in [0.2, 0.25) is 0 Å². The lowest BCUT2D eigenvalue weighted by Crippen LogP contribution is -2.24. The van der Waals surface area contributed by atoms with Gasteiger partial charge in [0.15, 0.2) is 0 Å². The Morgan fingerprint density at radius 1 is 0.944 bits per heavy atom. The van der Waals surface area contributed by atoms with Gasteiger partial charge in [-0.25, -0.2) is 0 Å². The molecule has 0 saturated carbocycles. The minimum Gasteiger partial charge on any atom is -0.368 e. The molecule has 1 saturated heterocycles. The highest BCUT2D eigenvalue weighted by molar-refractivity contribution is 5.71. The molecule has 0 bridgehead atoms. The van der Waals surface area contributed by atoms with Crippen molar-refractivity contribution in [3.63, 3.8) is 0 Å². The molecule has 4 rings (SSSR count). The maximum Gasteiger partial charge on any atom is 0.0402 e. The average molecular weight is 235 g/mol. The molecule has 2 aromatic rings. The Morgan fingerprint density at radius 3 is 2.72 bits per heavy atom. The summed E-state index contributed by atoms with van der Waals surface area (Å²) >= 11 is 0. The number of anilines is 1. The van der Waals surface area contributed by atoms with Gasteiger partial charge in [0, 0.05) is 18.3 Å². The van der Waals surface area contributed by atoms with Crippen molar-refractivity contribution in [2.75, 3.05) is 11.4 Å². The summed E-state index contributed by atoms with van der Waals surface area (Å²) in [7, 11) is 0. The first-order chi connectivity index (χ1) is 8.92. The van der Waals surface area contributed by atoms with Crippen molar-refractivity contribution in [2.24, 2.45) is 0 Å². The molecular formula is C17H17N. The van der Waals surface area contributed by atoms with Crippen LogP contribution >= 0.6 is 0 Å². The van der Waals surface area contributed by atoms with Crippen LogP contribution in [-0.2, 0) is 6.42 Å². The molecule has 0 spiro atoms. The monoisotopic (exact) mass is 235 g/mol. The predicted octanol–water partition coefficient (Wildman–Crippen LogP) is 3.88. The van der Waals surface area contributed by atoms with E-state index < -0.39 is 0 Å². The third-order valence-electron chi connectivity index (χ3n) is 4.33. The van der Waals surface area contributed by atoms with Crippen molar-refractivity contribution in [1.82, 2.24) is 0 Å². The Labute approximate surface area is 108 Å². The van der Waals surface area contributed by atoms with E-state index in [1.54, 1.807) is 5.56 Å². The van der Waals surface area contributed by atoms with Crippen LogP contribution in [0.4, 0.5) is 5.69 Å². The molecule has 0 amide bonds. The van der Waals surface area contributed by atoms with Gasteiger partial charge in [0.1, 0.15) is 0 Å². The van der Waals surface area contributed by atoms with Gasteiger partial charge in [0.05, 0.1) is 0 Å². The van der Waals surface area contributed by atoms with Crippen LogP contribution in [0.2, 0.25) is 0 Å². The highest BCUT2D eigenvalue weighted by Crippen LogP contribution is 2.39. The molecule has 18 heavy (non-hydrogen) atoms. The summed E-state index contributed by atoms with van der Waals surface area (Å²) in [5, 5.41) is 0. The maximum atomic E-state index is 2.60. The number of rotatable bonds is 1. The van der Waals surface area contributed by atoms with E-state index in [0.29, 0.717) is 0 Å². The Balaban J connectivity index is 1.76. The zero-order valence-corrected chi connectivity index (χ0v) is 10.5. The molecule has 90 valence electrons. The first-order valence-corrected chi connectivity index (χ1v) is 6.87. The number of hydrogen-bond donors (Lipinski definition) is 0. The largest absolute Gasteiger partial charge is 0.368 e. The van der Waals surface area contributed by atoms with E-state index >= 15 is 0 Å². The van der Waals surface area contributed by atoms with Crippen LogP contribution in [-0.4, -0.2) is 12.6 Å². The number of nitrogens with zero attached hydrogens (tertiary/aromatic N) is 1. The van der Waals surface area contributed by atoms with Crippen molar-refractivity contribution in [3.8, 4) is 11.1 Å². The molecule has 2 aliphatic heterocycles. The average Bonchev–Trinajstić information content (AvgIpc) is 2.99. The molecule has 1 nitrogen and oxygen atoms in total. The highest BCUT2D eigenvalue weighted by atomic mass is 15.2. The van der Waals surface area contributed by atoms with Crippen LogP contribution in [0.25, 0.3) is 11.1 Å². The van der Waals surface area contributed by atoms with E-state index in [1.165, 1.54) is 42.6 Å². The summed E-state index contributed by atoms with van der Waals surface area (Å²) in [6.07, 6.45) is 3.98. The Hall–Kier alpha value is -1.76. The van der Waals surface area contributed by atoms with Crippen molar-refractivity contribution in [3.05, 3.63) is 54.1 Å². The Bertz CT molecular complexity index is 573. The van der Waals surface area contributed by atoms with Crippen molar-refractivity contribution in [1.29, 1.82) is 0 Å². The molecule has 0 aliphatic carbocycles. The minimum atomic E-state index is 0.783. The molecule has 0 aromatic heterocycles. The van der Waals surface area contributed by atoms with Crippen molar-refractivity contribution in [2.45, 2.75) is 25.3 Å². The standard InChI is InChI=1S/C17H17N/c1-2-5-13(6-3-1)14-8-9-17-15(11-14)12-16-7-4-10-18(16)17/h1-3,5-6,8-9,11,16H,4,7,10,12H2. The van der Waals surface area contributed by atoms with Crippen LogP contribution < -0.4 is 4.90 Å². The van der Waals surface area contributed by atoms with E-state index in [2.05, 4.69) is 53.4 Å². The van der Waals surface area contributed by atoms with Crippen LogP contribution in [0, 0.1) is 0 Å². The van der Waals surface area contributed by atoms with E-state index in [9.17, 15) is 0 Å². The topological polar surface area (TPSA) is 3.24 Å². The second kappa shape index (κ2) is 3.88. The van der Waals surface area contributed by atoms with Crippen molar-refractivity contribution >= 4 is 5.69 Å². The normalized spacial score (nSPS) is 20.9. The van der Waals surface area contributed by atoms with Gasteiger partial charge in [-0.15, -0.1) is 0 Å². The maximum absolute atomic E-state index is 2.60. The van der Waals surface area contributed by atoms with Crippen LogP contribution in [0.5, 0.6) is 0 Å². The van der Waals surface area contributed by atoms with E-state index in [4.69, 9.17) is 0 Å². The molecule has 2 heterocycles. The fraction of sp³-hybridized carbons (Fsp3) is 0.294. The van der Waals surface area contributed by atoms with Crippen LogP contribution in [0.15, 0.2) is 48.5 Å². The molecule has 2 aromatic carbocycles. The molecule has 0 radical (unpaired) electrons. The molecule has 1 unspecified atom stereocenters. The number of fused-ring (bicyclic) bond motifs is 3. The minimum absolute atomic E-state index is 0.783. The zero-order valence-electron chi connectivity index (χ0n) is 10.5. The molecule has 0 N–H and O–H groups in total. The molecule has 2 aliphatic rings. The summed E-state index contributed by atoms with van der Waals surface area (Å²) in [6, 6.07) is 18.5. The smallest absolute Gasteiger partial charge is 0.0402 e. The van der Waals surface area contributed by atoms with Gasteiger partial charge in [-0.1, -0.05) is 36.4 Å². The lowest BCUT2D eigenvalue weighted by molar-refractivity contribution is 0.703. The molecule has 1 fully saturated rings. The third-order valence-corrected chi connectivity index (χ3v) is 4.33. The van der Waals surface area contributed by atoms with Gasteiger partial charge in [0.25, 0.3) is 0 Å². The van der Waals surface area contributed by atoms with E-state index in [0.717, 1.165) is 6.04 Å². The first-order valence-electron chi connectivity index (χ1n) is 6.87. The summed E-state index contributed by atoms with van der Waals surface area (Å²) in [4.78, 5) is 2.60. The SMILES string of the molecule is c1ccc(-c2ccc3c(c2)CC2CCCN32)cc1. The summed E-state index contributed by atoms with van der Waals surface area (Å²) < 4.78 is 0. The van der Waals surface area contributed by atoms with Crippen molar-refractivity contribution < 1.29 is 0 Å². The zero-order chi connectivity index (χ0) is 11.9. The molecule has 1 atom stereocenters. The fourth-order valence-corrected chi connectivity index (χ4v) is 3.46. The van der Waals surface area contributed by atoms with E-state index in [-0.39, 0.29) is 0 Å².